The number of carbonyl (C=O) groups excluding carboxylic acids is 1. The number of esters is 1. The van der Waals surface area contributed by atoms with Gasteiger partial charge in [-0.3, -0.25) is 9.71 Å². The minimum atomic E-state index is -3.81. The Kier molecular flexibility index (Phi) is 5.65. The molecule has 2 aromatic rings. The van der Waals surface area contributed by atoms with Crippen molar-refractivity contribution in [3.63, 3.8) is 0 Å². The van der Waals surface area contributed by atoms with Gasteiger partial charge in [-0.2, -0.15) is 0 Å². The second kappa shape index (κ2) is 7.96. The fourth-order valence-corrected chi connectivity index (χ4v) is 4.56. The molecule has 27 heavy (non-hydrogen) atoms. The van der Waals surface area contributed by atoms with Crippen LogP contribution < -0.4 is 9.62 Å². The van der Waals surface area contributed by atoms with Gasteiger partial charge < -0.3 is 9.64 Å². The van der Waals surface area contributed by atoms with Gasteiger partial charge >= 0.3 is 5.97 Å². The Morgan fingerprint density at radius 3 is 2.59 bits per heavy atom. The third-order valence-corrected chi connectivity index (χ3v) is 6.15. The van der Waals surface area contributed by atoms with Crippen LogP contribution in [0.3, 0.4) is 0 Å². The van der Waals surface area contributed by atoms with Gasteiger partial charge in [-0.25, -0.2) is 13.2 Å². The van der Waals surface area contributed by atoms with Crippen molar-refractivity contribution in [2.75, 3.05) is 29.8 Å². The molecule has 3 rings (SSSR count). The first-order valence-electron chi connectivity index (χ1n) is 8.83. The Hall–Kier alpha value is -2.61. The first-order valence-corrected chi connectivity index (χ1v) is 10.3. The molecule has 0 atom stereocenters. The van der Waals surface area contributed by atoms with E-state index in [1.54, 1.807) is 25.4 Å². The third-order valence-electron chi connectivity index (χ3n) is 4.63. The summed E-state index contributed by atoms with van der Waals surface area (Å²) in [5, 5.41) is 0. The number of nitrogens with one attached hydrogen (secondary N) is 1. The molecule has 144 valence electrons. The summed E-state index contributed by atoms with van der Waals surface area (Å²) < 4.78 is 33.2. The largest absolute Gasteiger partial charge is 0.465 e. The van der Waals surface area contributed by atoms with Gasteiger partial charge in [-0.05, 0) is 56.0 Å². The van der Waals surface area contributed by atoms with Crippen LogP contribution in [0.5, 0.6) is 0 Å². The maximum atomic E-state index is 12.9. The van der Waals surface area contributed by atoms with Crippen molar-refractivity contribution in [3.05, 3.63) is 47.8 Å². The Morgan fingerprint density at radius 2 is 1.93 bits per heavy atom. The van der Waals surface area contributed by atoms with E-state index in [9.17, 15) is 13.2 Å². The molecule has 1 aliphatic heterocycles. The number of hydrogen-bond acceptors (Lipinski definition) is 6. The van der Waals surface area contributed by atoms with Crippen LogP contribution in [0, 0.1) is 6.92 Å². The molecule has 0 saturated carbocycles. The highest BCUT2D eigenvalue weighted by Crippen LogP contribution is 2.30. The number of rotatable bonds is 5. The summed E-state index contributed by atoms with van der Waals surface area (Å²) in [6.45, 7) is 3.42. The van der Waals surface area contributed by atoms with Crippen LogP contribution in [0.4, 0.5) is 11.4 Å². The van der Waals surface area contributed by atoms with Crippen molar-refractivity contribution >= 4 is 27.4 Å². The Morgan fingerprint density at radius 1 is 1.19 bits per heavy atom. The van der Waals surface area contributed by atoms with Crippen LogP contribution >= 0.6 is 0 Å². The monoisotopic (exact) mass is 389 g/mol. The summed E-state index contributed by atoms with van der Waals surface area (Å²) >= 11 is 0. The molecule has 0 radical (unpaired) electrons. The molecule has 0 aliphatic carbocycles. The molecular formula is C19H23N3O4S. The molecule has 0 bridgehead atoms. The number of sulfonamides is 1. The van der Waals surface area contributed by atoms with Crippen molar-refractivity contribution in [3.8, 4) is 0 Å². The quantitative estimate of drug-likeness (QED) is 0.791. The van der Waals surface area contributed by atoms with Gasteiger partial charge in [0.25, 0.3) is 10.0 Å². The molecule has 1 saturated heterocycles. The van der Waals surface area contributed by atoms with Gasteiger partial charge in [-0.15, -0.1) is 0 Å². The van der Waals surface area contributed by atoms with Crippen LogP contribution in [-0.4, -0.2) is 39.6 Å². The molecular weight excluding hydrogens is 366 g/mol. The third kappa shape index (κ3) is 4.21. The number of methoxy groups -OCH3 is 1. The van der Waals surface area contributed by atoms with Gasteiger partial charge in [0.1, 0.15) is 0 Å². The standard InChI is InChI=1S/C19H23N3O4S/c1-14-12-15(19(23)26-2)6-7-18(14)27(24,25)21-16-8-9-20-13-17(16)22-10-4-3-5-11-22/h6-9,12-13H,3-5,10-11H2,1-2H3,(H,20,21). The van der Waals surface area contributed by atoms with E-state index < -0.39 is 16.0 Å². The van der Waals surface area contributed by atoms with Crippen molar-refractivity contribution in [1.29, 1.82) is 0 Å². The minimum Gasteiger partial charge on any atom is -0.465 e. The van der Waals surface area contributed by atoms with Crippen LogP contribution in [0.15, 0.2) is 41.6 Å². The molecule has 1 aromatic carbocycles. The van der Waals surface area contributed by atoms with E-state index in [1.165, 1.54) is 31.7 Å². The second-order valence-electron chi connectivity index (χ2n) is 6.52. The predicted molar refractivity (Wildman–Crippen MR) is 104 cm³/mol. The average molecular weight is 389 g/mol. The number of anilines is 2. The Bertz CT molecular complexity index is 938. The molecule has 0 spiro atoms. The van der Waals surface area contributed by atoms with Gasteiger partial charge in [0, 0.05) is 19.3 Å². The summed E-state index contributed by atoms with van der Waals surface area (Å²) in [7, 11) is -2.52. The molecule has 2 heterocycles. The van der Waals surface area contributed by atoms with Crippen LogP contribution in [-0.2, 0) is 14.8 Å². The van der Waals surface area contributed by atoms with Crippen LogP contribution in [0.25, 0.3) is 0 Å². The van der Waals surface area contributed by atoms with E-state index in [-0.39, 0.29) is 4.90 Å². The lowest BCUT2D eigenvalue weighted by Crippen LogP contribution is -2.30. The summed E-state index contributed by atoms with van der Waals surface area (Å²) in [5.74, 6) is -0.503. The van der Waals surface area contributed by atoms with Crippen molar-refractivity contribution < 1.29 is 17.9 Å². The van der Waals surface area contributed by atoms with E-state index in [0.29, 0.717) is 16.8 Å². The number of piperidine rings is 1. The fourth-order valence-electron chi connectivity index (χ4n) is 3.25. The lowest BCUT2D eigenvalue weighted by Gasteiger charge is -2.30. The minimum absolute atomic E-state index is 0.122. The maximum absolute atomic E-state index is 12.9. The molecule has 0 amide bonds. The molecule has 1 aromatic heterocycles. The van der Waals surface area contributed by atoms with Crippen molar-refractivity contribution in [2.45, 2.75) is 31.1 Å². The lowest BCUT2D eigenvalue weighted by atomic mass is 10.1. The predicted octanol–water partition coefficient (Wildman–Crippen LogP) is 2.97. The maximum Gasteiger partial charge on any atom is 0.337 e. The summed E-state index contributed by atoms with van der Waals surface area (Å²) in [6.07, 6.45) is 6.60. The van der Waals surface area contributed by atoms with Gasteiger partial charge in [0.05, 0.1) is 35.1 Å². The number of aryl methyl sites for hydroxylation is 1. The summed E-state index contributed by atoms with van der Waals surface area (Å²) in [6, 6.07) is 6.05. The van der Waals surface area contributed by atoms with Crippen molar-refractivity contribution in [2.24, 2.45) is 0 Å². The molecule has 1 fully saturated rings. The first kappa shape index (κ1) is 19.2. The second-order valence-corrected chi connectivity index (χ2v) is 8.17. The number of carbonyl (C=O) groups is 1. The van der Waals surface area contributed by atoms with E-state index in [2.05, 4.69) is 19.3 Å². The SMILES string of the molecule is COC(=O)c1ccc(S(=O)(=O)Nc2ccncc2N2CCCCC2)c(C)c1. The number of aromatic nitrogens is 1. The number of ether oxygens (including phenoxy) is 1. The molecule has 1 N–H and O–H groups in total. The Balaban J connectivity index is 1.90. The Labute approximate surface area is 159 Å². The summed E-state index contributed by atoms with van der Waals surface area (Å²) in [5.41, 5.74) is 2.07. The van der Waals surface area contributed by atoms with E-state index >= 15 is 0 Å². The normalized spacial score (nSPS) is 14.7. The highest BCUT2D eigenvalue weighted by Gasteiger charge is 2.22. The molecule has 1 aliphatic rings. The molecule has 7 nitrogen and oxygen atoms in total. The lowest BCUT2D eigenvalue weighted by molar-refractivity contribution is 0.0600. The number of nitrogens with zero attached hydrogens (tertiary/aromatic N) is 2. The molecule has 8 heteroatoms. The summed E-state index contributed by atoms with van der Waals surface area (Å²) in [4.78, 5) is 18.1. The first-order chi connectivity index (χ1) is 12.9. The average Bonchev–Trinajstić information content (AvgIpc) is 2.68. The van der Waals surface area contributed by atoms with Gasteiger partial charge in [0.2, 0.25) is 0 Å². The number of benzene rings is 1. The smallest absolute Gasteiger partial charge is 0.337 e. The van der Waals surface area contributed by atoms with Crippen LogP contribution in [0.2, 0.25) is 0 Å². The highest BCUT2D eigenvalue weighted by molar-refractivity contribution is 7.92. The fraction of sp³-hybridized carbons (Fsp3) is 0.368. The number of hydrogen-bond donors (Lipinski definition) is 1. The highest BCUT2D eigenvalue weighted by atomic mass is 32.2. The zero-order chi connectivity index (χ0) is 19.4. The van der Waals surface area contributed by atoms with E-state index in [1.807, 2.05) is 0 Å². The number of pyridine rings is 1. The van der Waals surface area contributed by atoms with Gasteiger partial charge in [-0.1, -0.05) is 0 Å². The molecule has 0 unspecified atom stereocenters. The zero-order valence-corrected chi connectivity index (χ0v) is 16.3. The van der Waals surface area contributed by atoms with Crippen molar-refractivity contribution in [1.82, 2.24) is 4.98 Å². The van der Waals surface area contributed by atoms with Gasteiger partial charge in [0.15, 0.2) is 0 Å². The zero-order valence-electron chi connectivity index (χ0n) is 15.4. The van der Waals surface area contributed by atoms with Crippen LogP contribution in [0.1, 0.15) is 35.2 Å². The van der Waals surface area contributed by atoms with E-state index in [0.717, 1.165) is 31.6 Å². The topological polar surface area (TPSA) is 88.6 Å². The van der Waals surface area contributed by atoms with E-state index in [4.69, 9.17) is 0 Å².